The van der Waals surface area contributed by atoms with E-state index in [2.05, 4.69) is 27.6 Å². The monoisotopic (exact) mass is 306 g/mol. The average molecular weight is 306 g/mol. The Bertz CT molecular complexity index is 489. The van der Waals surface area contributed by atoms with Gasteiger partial charge in [0.2, 0.25) is 0 Å². The highest BCUT2D eigenvalue weighted by atomic mass is 19.1. The minimum atomic E-state index is -0.141. The van der Waals surface area contributed by atoms with Gasteiger partial charge in [0.05, 0.1) is 0 Å². The molecule has 1 aromatic rings. The lowest BCUT2D eigenvalue weighted by atomic mass is 9.99. The second-order valence-electron chi connectivity index (χ2n) is 5.99. The van der Waals surface area contributed by atoms with Gasteiger partial charge in [-0.2, -0.15) is 0 Å². The summed E-state index contributed by atoms with van der Waals surface area (Å²) in [5.41, 5.74) is 0.736. The number of hydrogen-bond acceptors (Lipinski definition) is 2. The third kappa shape index (κ3) is 5.30. The summed E-state index contributed by atoms with van der Waals surface area (Å²) in [6.45, 7) is 3.94. The predicted octanol–water partition coefficient (Wildman–Crippen LogP) is 1.87. The third-order valence-corrected chi connectivity index (χ3v) is 4.15. The van der Waals surface area contributed by atoms with E-state index >= 15 is 0 Å². The molecule has 0 aliphatic carbocycles. The van der Waals surface area contributed by atoms with Gasteiger partial charge in [0.1, 0.15) is 5.82 Å². The van der Waals surface area contributed by atoms with Crippen molar-refractivity contribution in [1.29, 1.82) is 0 Å². The van der Waals surface area contributed by atoms with Gasteiger partial charge in [-0.05, 0) is 50.4 Å². The summed E-state index contributed by atoms with van der Waals surface area (Å²) < 4.78 is 13.5. The zero-order valence-electron chi connectivity index (χ0n) is 13.6. The molecule has 122 valence electrons. The van der Waals surface area contributed by atoms with Crippen LogP contribution >= 0.6 is 0 Å². The molecule has 2 rings (SSSR count). The number of guanidine groups is 1. The fourth-order valence-electron chi connectivity index (χ4n) is 2.92. The van der Waals surface area contributed by atoms with Crippen molar-refractivity contribution in [2.45, 2.75) is 19.3 Å². The SMILES string of the molecule is CN=C(NCCc1ccccc1F)NCC1CCCN(C)C1. The van der Waals surface area contributed by atoms with Crippen molar-refractivity contribution in [2.24, 2.45) is 10.9 Å². The Balaban J connectivity index is 1.70. The smallest absolute Gasteiger partial charge is 0.190 e. The van der Waals surface area contributed by atoms with Crippen molar-refractivity contribution in [3.8, 4) is 0 Å². The van der Waals surface area contributed by atoms with Crippen LogP contribution in [0.3, 0.4) is 0 Å². The molecule has 0 saturated carbocycles. The minimum Gasteiger partial charge on any atom is -0.356 e. The van der Waals surface area contributed by atoms with Crippen molar-refractivity contribution < 1.29 is 4.39 Å². The fourth-order valence-corrected chi connectivity index (χ4v) is 2.92. The van der Waals surface area contributed by atoms with Gasteiger partial charge in [-0.1, -0.05) is 18.2 Å². The standard InChI is InChI=1S/C17H27FN4/c1-19-17(21-12-14-6-5-11-22(2)13-14)20-10-9-15-7-3-4-8-16(15)18/h3-4,7-8,14H,5-6,9-13H2,1-2H3,(H2,19,20,21). The highest BCUT2D eigenvalue weighted by Crippen LogP contribution is 2.13. The van der Waals surface area contributed by atoms with Gasteiger partial charge in [-0.25, -0.2) is 4.39 Å². The van der Waals surface area contributed by atoms with E-state index in [0.717, 1.165) is 24.6 Å². The molecular formula is C17H27FN4. The lowest BCUT2D eigenvalue weighted by molar-refractivity contribution is 0.210. The Hall–Kier alpha value is -1.62. The topological polar surface area (TPSA) is 39.7 Å². The highest BCUT2D eigenvalue weighted by molar-refractivity contribution is 5.79. The van der Waals surface area contributed by atoms with Crippen LogP contribution < -0.4 is 10.6 Å². The van der Waals surface area contributed by atoms with Crippen LogP contribution in [0, 0.1) is 11.7 Å². The molecule has 1 aromatic carbocycles. The lowest BCUT2D eigenvalue weighted by Gasteiger charge is -2.30. The van der Waals surface area contributed by atoms with Gasteiger partial charge in [-0.3, -0.25) is 4.99 Å². The number of aliphatic imine (C=N–C) groups is 1. The van der Waals surface area contributed by atoms with Crippen LogP contribution in [0.25, 0.3) is 0 Å². The minimum absolute atomic E-state index is 0.141. The summed E-state index contributed by atoms with van der Waals surface area (Å²) in [6, 6.07) is 6.91. The lowest BCUT2D eigenvalue weighted by Crippen LogP contribution is -2.44. The molecule has 0 radical (unpaired) electrons. The molecule has 0 spiro atoms. The Labute approximate surface area is 132 Å². The predicted molar refractivity (Wildman–Crippen MR) is 89.7 cm³/mol. The number of likely N-dealkylation sites (tertiary alicyclic amines) is 1. The maximum absolute atomic E-state index is 13.5. The van der Waals surface area contributed by atoms with E-state index in [1.807, 2.05) is 12.1 Å². The first-order valence-electron chi connectivity index (χ1n) is 8.05. The summed E-state index contributed by atoms with van der Waals surface area (Å²) in [6.07, 6.45) is 3.19. The summed E-state index contributed by atoms with van der Waals surface area (Å²) in [5.74, 6) is 1.32. The third-order valence-electron chi connectivity index (χ3n) is 4.15. The zero-order chi connectivity index (χ0) is 15.8. The maximum atomic E-state index is 13.5. The van der Waals surface area contributed by atoms with Crippen LogP contribution in [0.1, 0.15) is 18.4 Å². The number of nitrogens with zero attached hydrogens (tertiary/aromatic N) is 2. The number of halogens is 1. The number of nitrogens with one attached hydrogen (secondary N) is 2. The normalized spacial score (nSPS) is 20.0. The number of rotatable bonds is 5. The Morgan fingerprint density at radius 1 is 1.36 bits per heavy atom. The maximum Gasteiger partial charge on any atom is 0.190 e. The molecule has 5 heteroatoms. The van der Waals surface area contributed by atoms with E-state index in [0.29, 0.717) is 18.9 Å². The van der Waals surface area contributed by atoms with Crippen LogP contribution in [-0.4, -0.2) is 51.1 Å². The van der Waals surface area contributed by atoms with Gasteiger partial charge in [0.15, 0.2) is 5.96 Å². The summed E-state index contributed by atoms with van der Waals surface area (Å²) in [7, 11) is 3.94. The van der Waals surface area contributed by atoms with E-state index < -0.39 is 0 Å². The quantitative estimate of drug-likeness (QED) is 0.644. The zero-order valence-corrected chi connectivity index (χ0v) is 13.6. The van der Waals surface area contributed by atoms with Crippen molar-refractivity contribution in [2.75, 3.05) is 40.3 Å². The molecule has 1 fully saturated rings. The fraction of sp³-hybridized carbons (Fsp3) is 0.588. The van der Waals surface area contributed by atoms with E-state index in [9.17, 15) is 4.39 Å². The van der Waals surface area contributed by atoms with Crippen molar-refractivity contribution in [3.63, 3.8) is 0 Å². The van der Waals surface area contributed by atoms with Gasteiger partial charge < -0.3 is 15.5 Å². The molecule has 0 bridgehead atoms. The Kier molecular flexibility index (Phi) is 6.65. The molecular weight excluding hydrogens is 279 g/mol. The number of piperidine rings is 1. The highest BCUT2D eigenvalue weighted by Gasteiger charge is 2.17. The molecule has 1 saturated heterocycles. The van der Waals surface area contributed by atoms with E-state index in [1.165, 1.54) is 25.5 Å². The number of hydrogen-bond donors (Lipinski definition) is 2. The summed E-state index contributed by atoms with van der Waals surface area (Å²) >= 11 is 0. The Morgan fingerprint density at radius 2 is 2.18 bits per heavy atom. The molecule has 0 amide bonds. The van der Waals surface area contributed by atoms with Gasteiger partial charge in [-0.15, -0.1) is 0 Å². The van der Waals surface area contributed by atoms with Crippen molar-refractivity contribution in [3.05, 3.63) is 35.6 Å². The van der Waals surface area contributed by atoms with Crippen LogP contribution in [0.4, 0.5) is 4.39 Å². The second kappa shape index (κ2) is 8.73. The van der Waals surface area contributed by atoms with Crippen LogP contribution in [0.15, 0.2) is 29.3 Å². The van der Waals surface area contributed by atoms with E-state index in [1.54, 1.807) is 13.1 Å². The van der Waals surface area contributed by atoms with Crippen molar-refractivity contribution >= 4 is 5.96 Å². The number of benzene rings is 1. The first kappa shape index (κ1) is 16.7. The molecule has 2 N–H and O–H groups in total. The molecule has 1 unspecified atom stereocenters. The van der Waals surface area contributed by atoms with E-state index in [4.69, 9.17) is 0 Å². The average Bonchev–Trinajstić information content (AvgIpc) is 2.52. The molecule has 1 aliphatic heterocycles. The molecule has 0 aromatic heterocycles. The van der Waals surface area contributed by atoms with Gasteiger partial charge in [0, 0.05) is 26.7 Å². The molecule has 22 heavy (non-hydrogen) atoms. The van der Waals surface area contributed by atoms with Crippen LogP contribution in [-0.2, 0) is 6.42 Å². The Morgan fingerprint density at radius 3 is 2.91 bits per heavy atom. The molecule has 4 nitrogen and oxygen atoms in total. The molecule has 1 atom stereocenters. The van der Waals surface area contributed by atoms with E-state index in [-0.39, 0.29) is 5.82 Å². The molecule has 1 aliphatic rings. The van der Waals surface area contributed by atoms with Crippen LogP contribution in [0.2, 0.25) is 0 Å². The molecule has 1 heterocycles. The van der Waals surface area contributed by atoms with Gasteiger partial charge >= 0.3 is 0 Å². The second-order valence-corrected chi connectivity index (χ2v) is 5.99. The summed E-state index contributed by atoms with van der Waals surface area (Å²) in [4.78, 5) is 6.61. The largest absolute Gasteiger partial charge is 0.356 e. The first-order chi connectivity index (χ1) is 10.7. The van der Waals surface area contributed by atoms with Crippen LogP contribution in [0.5, 0.6) is 0 Å². The first-order valence-corrected chi connectivity index (χ1v) is 8.05. The summed E-state index contributed by atoms with van der Waals surface area (Å²) in [5, 5.41) is 6.63. The van der Waals surface area contributed by atoms with Gasteiger partial charge in [0.25, 0.3) is 0 Å². The van der Waals surface area contributed by atoms with Crippen molar-refractivity contribution in [1.82, 2.24) is 15.5 Å².